The summed E-state index contributed by atoms with van der Waals surface area (Å²) < 4.78 is 5.32. The van der Waals surface area contributed by atoms with Gasteiger partial charge in [0.1, 0.15) is 0 Å². The molecule has 1 saturated heterocycles. The van der Waals surface area contributed by atoms with Gasteiger partial charge >= 0.3 is 0 Å². The molecule has 3 heteroatoms. The van der Waals surface area contributed by atoms with Crippen molar-refractivity contribution in [3.63, 3.8) is 0 Å². The first-order chi connectivity index (χ1) is 9.29. The number of carbonyl (C=O) groups is 1. The van der Waals surface area contributed by atoms with E-state index in [0.717, 1.165) is 29.3 Å². The Kier molecular flexibility index (Phi) is 3.22. The van der Waals surface area contributed by atoms with Crippen LogP contribution in [0.4, 0.5) is 0 Å². The summed E-state index contributed by atoms with van der Waals surface area (Å²) in [6.07, 6.45) is 1.10. The van der Waals surface area contributed by atoms with Crippen LogP contribution in [0.2, 0.25) is 0 Å². The van der Waals surface area contributed by atoms with Gasteiger partial charge in [-0.1, -0.05) is 36.4 Å². The van der Waals surface area contributed by atoms with Crippen LogP contribution in [0.1, 0.15) is 16.8 Å². The van der Waals surface area contributed by atoms with Crippen molar-refractivity contribution in [3.05, 3.63) is 48.0 Å². The molecule has 98 valence electrons. The highest BCUT2D eigenvalue weighted by atomic mass is 16.5. The van der Waals surface area contributed by atoms with Crippen molar-refractivity contribution < 1.29 is 9.53 Å². The fourth-order valence-corrected chi connectivity index (χ4v) is 2.69. The number of hydrogen-bond acceptors (Lipinski definition) is 2. The third-order valence-electron chi connectivity index (χ3n) is 3.79. The van der Waals surface area contributed by atoms with Gasteiger partial charge in [-0.3, -0.25) is 4.79 Å². The Morgan fingerprint density at radius 1 is 1.21 bits per heavy atom. The molecule has 1 heterocycles. The Morgan fingerprint density at radius 3 is 2.79 bits per heavy atom. The van der Waals surface area contributed by atoms with Crippen LogP contribution in [-0.2, 0) is 4.74 Å². The number of likely N-dealkylation sites (tertiary alicyclic amines) is 1. The van der Waals surface area contributed by atoms with Gasteiger partial charge in [0, 0.05) is 25.8 Å². The first-order valence-corrected chi connectivity index (χ1v) is 6.59. The molecule has 0 radical (unpaired) electrons. The Hall–Kier alpha value is -1.87. The van der Waals surface area contributed by atoms with Crippen LogP contribution in [0, 0.1) is 0 Å². The van der Waals surface area contributed by atoms with Crippen molar-refractivity contribution >= 4 is 16.7 Å². The lowest BCUT2D eigenvalue weighted by atomic mass is 10.0. The van der Waals surface area contributed by atoms with Crippen LogP contribution in [0.5, 0.6) is 0 Å². The molecular weight excluding hydrogens is 238 g/mol. The second-order valence-electron chi connectivity index (χ2n) is 4.92. The molecular formula is C16H17NO2. The zero-order valence-corrected chi connectivity index (χ0v) is 11.0. The molecule has 1 fully saturated rings. The van der Waals surface area contributed by atoms with E-state index in [9.17, 15) is 4.79 Å². The third-order valence-corrected chi connectivity index (χ3v) is 3.79. The van der Waals surface area contributed by atoms with E-state index in [1.54, 1.807) is 7.11 Å². The molecule has 1 amide bonds. The van der Waals surface area contributed by atoms with Gasteiger partial charge in [-0.25, -0.2) is 0 Å². The maximum absolute atomic E-state index is 12.6. The number of benzene rings is 2. The molecule has 0 bridgehead atoms. The van der Waals surface area contributed by atoms with Gasteiger partial charge in [0.2, 0.25) is 0 Å². The zero-order valence-electron chi connectivity index (χ0n) is 11.0. The Balaban J connectivity index is 1.94. The van der Waals surface area contributed by atoms with E-state index >= 15 is 0 Å². The average Bonchev–Trinajstić information content (AvgIpc) is 2.95. The summed E-state index contributed by atoms with van der Waals surface area (Å²) in [7, 11) is 1.70. The molecule has 0 N–H and O–H groups in total. The summed E-state index contributed by atoms with van der Waals surface area (Å²) in [4.78, 5) is 14.5. The lowest BCUT2D eigenvalue weighted by Crippen LogP contribution is -2.30. The van der Waals surface area contributed by atoms with E-state index in [2.05, 4.69) is 0 Å². The van der Waals surface area contributed by atoms with E-state index in [1.165, 1.54) is 0 Å². The topological polar surface area (TPSA) is 29.5 Å². The Morgan fingerprint density at radius 2 is 2.00 bits per heavy atom. The molecule has 19 heavy (non-hydrogen) atoms. The maximum Gasteiger partial charge on any atom is 0.254 e. The number of hydrogen-bond donors (Lipinski definition) is 0. The normalized spacial score (nSPS) is 19.0. The standard InChI is InChI=1S/C16H17NO2/c1-19-13-9-10-17(11-13)16(18)15-8-4-6-12-5-2-3-7-14(12)15/h2-8,13H,9-11H2,1H3. The second kappa shape index (κ2) is 5.02. The number of ether oxygens (including phenoxy) is 1. The van der Waals surface area contributed by atoms with Gasteiger partial charge in [0.25, 0.3) is 5.91 Å². The van der Waals surface area contributed by atoms with Crippen LogP contribution in [0.3, 0.4) is 0 Å². The van der Waals surface area contributed by atoms with Crippen LogP contribution in [-0.4, -0.2) is 37.1 Å². The first kappa shape index (κ1) is 12.2. The molecule has 2 aromatic carbocycles. The smallest absolute Gasteiger partial charge is 0.254 e. The first-order valence-electron chi connectivity index (χ1n) is 6.59. The van der Waals surface area contributed by atoms with Crippen molar-refractivity contribution in [2.24, 2.45) is 0 Å². The minimum atomic E-state index is 0.108. The van der Waals surface area contributed by atoms with E-state index in [0.29, 0.717) is 6.54 Å². The van der Waals surface area contributed by atoms with Crippen LogP contribution in [0.25, 0.3) is 10.8 Å². The van der Waals surface area contributed by atoms with E-state index < -0.39 is 0 Å². The van der Waals surface area contributed by atoms with Gasteiger partial charge in [-0.2, -0.15) is 0 Å². The molecule has 0 aliphatic carbocycles. The second-order valence-corrected chi connectivity index (χ2v) is 4.92. The van der Waals surface area contributed by atoms with Crippen LogP contribution < -0.4 is 0 Å². The van der Waals surface area contributed by atoms with Crippen LogP contribution >= 0.6 is 0 Å². The maximum atomic E-state index is 12.6. The number of methoxy groups -OCH3 is 1. The fraction of sp³-hybridized carbons (Fsp3) is 0.312. The van der Waals surface area contributed by atoms with Gasteiger partial charge < -0.3 is 9.64 Å². The van der Waals surface area contributed by atoms with Crippen molar-refractivity contribution in [2.75, 3.05) is 20.2 Å². The quantitative estimate of drug-likeness (QED) is 0.825. The zero-order chi connectivity index (χ0) is 13.2. The number of nitrogens with zero attached hydrogens (tertiary/aromatic N) is 1. The minimum Gasteiger partial charge on any atom is -0.380 e. The van der Waals surface area contributed by atoms with Crippen LogP contribution in [0.15, 0.2) is 42.5 Å². The highest BCUT2D eigenvalue weighted by Crippen LogP contribution is 2.22. The van der Waals surface area contributed by atoms with Gasteiger partial charge in [-0.05, 0) is 23.3 Å². The largest absolute Gasteiger partial charge is 0.380 e. The summed E-state index contributed by atoms with van der Waals surface area (Å²) in [5, 5.41) is 2.13. The molecule has 1 atom stereocenters. The van der Waals surface area contributed by atoms with E-state index in [1.807, 2.05) is 47.4 Å². The van der Waals surface area contributed by atoms with E-state index in [-0.39, 0.29) is 12.0 Å². The Bertz CT molecular complexity index is 603. The Labute approximate surface area is 112 Å². The van der Waals surface area contributed by atoms with Crippen molar-refractivity contribution in [3.8, 4) is 0 Å². The molecule has 0 aromatic heterocycles. The molecule has 1 aliphatic heterocycles. The highest BCUT2D eigenvalue weighted by molar-refractivity contribution is 6.07. The molecule has 0 spiro atoms. The average molecular weight is 255 g/mol. The molecule has 0 saturated carbocycles. The highest BCUT2D eigenvalue weighted by Gasteiger charge is 2.27. The predicted molar refractivity (Wildman–Crippen MR) is 75.3 cm³/mol. The number of amides is 1. The summed E-state index contributed by atoms with van der Waals surface area (Å²) >= 11 is 0. The summed E-state index contributed by atoms with van der Waals surface area (Å²) in [5.74, 6) is 0.108. The van der Waals surface area contributed by atoms with E-state index in [4.69, 9.17) is 4.74 Å². The fourth-order valence-electron chi connectivity index (χ4n) is 2.69. The third kappa shape index (κ3) is 2.22. The summed E-state index contributed by atoms with van der Waals surface area (Å²) in [6.45, 7) is 1.47. The lowest BCUT2D eigenvalue weighted by Gasteiger charge is -2.17. The molecule has 3 rings (SSSR count). The van der Waals surface area contributed by atoms with Crippen molar-refractivity contribution in [1.82, 2.24) is 4.90 Å². The van der Waals surface area contributed by atoms with Crippen molar-refractivity contribution in [1.29, 1.82) is 0 Å². The molecule has 1 unspecified atom stereocenters. The van der Waals surface area contributed by atoms with Gasteiger partial charge in [0.05, 0.1) is 6.10 Å². The lowest BCUT2D eigenvalue weighted by molar-refractivity contribution is 0.0726. The summed E-state index contributed by atoms with van der Waals surface area (Å²) in [5.41, 5.74) is 0.787. The predicted octanol–water partition coefficient (Wildman–Crippen LogP) is 2.70. The minimum absolute atomic E-state index is 0.108. The van der Waals surface area contributed by atoms with Crippen molar-refractivity contribution in [2.45, 2.75) is 12.5 Å². The molecule has 2 aromatic rings. The summed E-state index contributed by atoms with van der Waals surface area (Å²) in [6, 6.07) is 13.9. The number of carbonyl (C=O) groups excluding carboxylic acids is 1. The SMILES string of the molecule is COC1CCN(C(=O)c2cccc3ccccc23)C1. The van der Waals surface area contributed by atoms with Gasteiger partial charge in [0.15, 0.2) is 0 Å². The monoisotopic (exact) mass is 255 g/mol. The molecule has 3 nitrogen and oxygen atoms in total. The molecule has 1 aliphatic rings. The van der Waals surface area contributed by atoms with Gasteiger partial charge in [-0.15, -0.1) is 0 Å². The number of fused-ring (bicyclic) bond motifs is 1. The number of rotatable bonds is 2.